The van der Waals surface area contributed by atoms with Gasteiger partial charge in [0.1, 0.15) is 17.5 Å². The minimum Gasteiger partial charge on any atom is -0.417 e. The maximum atomic E-state index is 13.2. The summed E-state index contributed by atoms with van der Waals surface area (Å²) in [6.07, 6.45) is 3.39. The number of allylic oxidation sites excluding steroid dienone is 1. The number of hydrogen-bond acceptors (Lipinski definition) is 6. The number of aliphatic hydroxyl groups excluding tert-OH is 2. The molecule has 0 radical (unpaired) electrons. The number of carbonyl (C=O) groups is 1. The number of Topliss-reactive ketones (excluding diaryl/α,β-unsaturated/α-hetero) is 1. The first kappa shape index (κ1) is 28.6. The van der Waals surface area contributed by atoms with Crippen molar-refractivity contribution in [3.8, 4) is 0 Å². The van der Waals surface area contributed by atoms with Crippen molar-refractivity contribution in [1.82, 2.24) is 0 Å². The minimum atomic E-state index is -1.99. The zero-order chi connectivity index (χ0) is 27.3. The molecule has 1 aromatic carbocycles. The molecule has 1 aromatic rings. The maximum absolute atomic E-state index is 13.2. The van der Waals surface area contributed by atoms with Gasteiger partial charge in [-0.15, -0.1) is 0 Å². The first-order chi connectivity index (χ1) is 17.2. The molecule has 7 heteroatoms. The van der Waals surface area contributed by atoms with E-state index in [1.165, 1.54) is 0 Å². The zero-order valence-corrected chi connectivity index (χ0v) is 24.6. The highest BCUT2D eigenvalue weighted by atomic mass is 28.4. The number of rotatable bonds is 9. The van der Waals surface area contributed by atoms with Crippen molar-refractivity contribution in [2.75, 3.05) is 6.61 Å². The van der Waals surface area contributed by atoms with Crippen LogP contribution in [-0.2, 0) is 25.3 Å². The topological polar surface area (TPSA) is 85.2 Å². The molecule has 3 fully saturated rings. The van der Waals surface area contributed by atoms with Crippen LogP contribution in [0.25, 0.3) is 0 Å². The van der Waals surface area contributed by atoms with Crippen LogP contribution in [0, 0.1) is 16.7 Å². The highest BCUT2D eigenvalue weighted by Crippen LogP contribution is 2.64. The van der Waals surface area contributed by atoms with Crippen LogP contribution >= 0.6 is 0 Å². The van der Waals surface area contributed by atoms with E-state index in [0.29, 0.717) is 25.4 Å². The molecule has 2 N–H and O–H groups in total. The van der Waals surface area contributed by atoms with Gasteiger partial charge in [0.15, 0.2) is 14.6 Å². The molecule has 1 aliphatic heterocycles. The molecule has 4 rings (SSSR count). The van der Waals surface area contributed by atoms with Crippen LogP contribution in [0.1, 0.15) is 65.9 Å². The van der Waals surface area contributed by atoms with Crippen LogP contribution in [0.2, 0.25) is 18.1 Å². The van der Waals surface area contributed by atoms with Gasteiger partial charge in [-0.25, -0.2) is 0 Å². The summed E-state index contributed by atoms with van der Waals surface area (Å²) in [4.78, 5) is 13.2. The van der Waals surface area contributed by atoms with E-state index >= 15 is 0 Å². The Bertz CT molecular complexity index is 999. The van der Waals surface area contributed by atoms with Crippen LogP contribution in [0.15, 0.2) is 42.5 Å². The lowest BCUT2D eigenvalue weighted by Crippen LogP contribution is -2.50. The number of carbonyl (C=O) groups excluding carboxylic acids is 1. The summed E-state index contributed by atoms with van der Waals surface area (Å²) < 4.78 is 18.9. The fourth-order valence-electron chi connectivity index (χ4n) is 6.28. The van der Waals surface area contributed by atoms with Crippen molar-refractivity contribution >= 4 is 14.1 Å². The lowest BCUT2D eigenvalue weighted by molar-refractivity contribution is -0.130. The van der Waals surface area contributed by atoms with Gasteiger partial charge in [0.2, 0.25) is 0 Å². The fourth-order valence-corrected chi connectivity index (χ4v) is 7.34. The predicted octanol–water partition coefficient (Wildman–Crippen LogP) is 5.38. The molecule has 1 saturated heterocycles. The summed E-state index contributed by atoms with van der Waals surface area (Å²) in [6.45, 7) is 16.0. The molecule has 206 valence electrons. The fraction of sp³-hybridized carbons (Fsp3) is 0.700. The predicted molar refractivity (Wildman–Crippen MR) is 146 cm³/mol. The number of ether oxygens (including phenoxy) is 2. The molecule has 6 nitrogen and oxygen atoms in total. The Morgan fingerprint density at radius 2 is 1.81 bits per heavy atom. The normalized spacial score (nSPS) is 35.6. The van der Waals surface area contributed by atoms with Gasteiger partial charge in [-0.2, -0.15) is 0 Å². The van der Waals surface area contributed by atoms with E-state index in [9.17, 15) is 15.0 Å². The van der Waals surface area contributed by atoms with Gasteiger partial charge < -0.3 is 24.1 Å². The smallest absolute Gasteiger partial charge is 0.191 e. The Labute approximate surface area is 223 Å². The maximum Gasteiger partial charge on any atom is 0.191 e. The highest BCUT2D eigenvalue weighted by Gasteiger charge is 2.64. The Balaban J connectivity index is 1.65. The standard InChI is InChI=1S/C30H46O6Si/c1-27(2,3)37(6,7)35-18-14-24-30(25(32)26(33)36-24,34-20-21-11-9-8-10-12-21)17-16-29-15-13-22(19-23(29)31)28(29,4)5/h8-12,16-17,22,24-26,32-33H,13-15,18-20H2,1-7H3/b17-16+/t22-,24+,25-,26+,29+,30+/m0/s1. The van der Waals surface area contributed by atoms with Gasteiger partial charge in [-0.1, -0.05) is 77.1 Å². The van der Waals surface area contributed by atoms with Gasteiger partial charge in [0, 0.05) is 13.0 Å². The summed E-state index contributed by atoms with van der Waals surface area (Å²) in [5.41, 5.74) is -1.10. The molecular formula is C30H46O6Si. The van der Waals surface area contributed by atoms with Crippen LogP contribution in [0.4, 0.5) is 0 Å². The van der Waals surface area contributed by atoms with Gasteiger partial charge in [-0.3, -0.25) is 4.79 Å². The van der Waals surface area contributed by atoms with E-state index in [-0.39, 0.29) is 22.8 Å². The molecule has 1 heterocycles. The largest absolute Gasteiger partial charge is 0.417 e. The number of hydrogen-bond donors (Lipinski definition) is 2. The molecule has 0 aromatic heterocycles. The molecule has 3 aliphatic rings. The Kier molecular flexibility index (Phi) is 7.74. The van der Waals surface area contributed by atoms with Gasteiger partial charge >= 0.3 is 0 Å². The lowest BCUT2D eigenvalue weighted by atomic mass is 9.68. The summed E-state index contributed by atoms with van der Waals surface area (Å²) in [7, 11) is -1.99. The van der Waals surface area contributed by atoms with Crippen LogP contribution in [-0.4, -0.2) is 55.0 Å². The van der Waals surface area contributed by atoms with E-state index in [4.69, 9.17) is 13.9 Å². The summed E-state index contributed by atoms with van der Waals surface area (Å²) in [5, 5.41) is 22.1. The van der Waals surface area contributed by atoms with Gasteiger partial charge in [0.05, 0.1) is 18.1 Å². The Morgan fingerprint density at radius 3 is 2.38 bits per heavy atom. The summed E-state index contributed by atoms with van der Waals surface area (Å²) in [6, 6.07) is 9.77. The van der Waals surface area contributed by atoms with Crippen molar-refractivity contribution in [3.05, 3.63) is 48.0 Å². The molecule has 2 saturated carbocycles. The second-order valence-electron chi connectivity index (χ2n) is 13.4. The van der Waals surface area contributed by atoms with Crippen molar-refractivity contribution in [2.24, 2.45) is 16.7 Å². The second kappa shape index (κ2) is 9.99. The van der Waals surface area contributed by atoms with Crippen molar-refractivity contribution < 1.29 is 28.9 Å². The van der Waals surface area contributed by atoms with E-state index in [0.717, 1.165) is 18.4 Å². The highest BCUT2D eigenvalue weighted by molar-refractivity contribution is 6.74. The average molecular weight is 531 g/mol. The number of fused-ring (bicyclic) bond motifs is 2. The van der Waals surface area contributed by atoms with E-state index in [1.54, 1.807) is 0 Å². The molecule has 0 amide bonds. The third-order valence-electron chi connectivity index (χ3n) is 10.1. The van der Waals surface area contributed by atoms with Crippen LogP contribution in [0.5, 0.6) is 0 Å². The molecule has 0 unspecified atom stereocenters. The summed E-state index contributed by atoms with van der Waals surface area (Å²) in [5.74, 6) is 0.630. The molecule has 37 heavy (non-hydrogen) atoms. The third-order valence-corrected chi connectivity index (χ3v) is 14.7. The first-order valence-electron chi connectivity index (χ1n) is 13.7. The number of aliphatic hydroxyl groups is 2. The monoisotopic (exact) mass is 530 g/mol. The summed E-state index contributed by atoms with van der Waals surface area (Å²) >= 11 is 0. The van der Waals surface area contributed by atoms with Gasteiger partial charge in [0.25, 0.3) is 0 Å². The van der Waals surface area contributed by atoms with E-state index in [2.05, 4.69) is 47.7 Å². The molecule has 0 spiro atoms. The van der Waals surface area contributed by atoms with E-state index < -0.39 is 37.8 Å². The van der Waals surface area contributed by atoms with Crippen LogP contribution < -0.4 is 0 Å². The second-order valence-corrected chi connectivity index (χ2v) is 18.2. The molecule has 2 aliphatic carbocycles. The Morgan fingerprint density at radius 1 is 1.14 bits per heavy atom. The zero-order valence-electron chi connectivity index (χ0n) is 23.6. The number of benzene rings is 1. The van der Waals surface area contributed by atoms with E-state index in [1.807, 2.05) is 42.5 Å². The van der Waals surface area contributed by atoms with Crippen LogP contribution in [0.3, 0.4) is 0 Å². The lowest BCUT2D eigenvalue weighted by Gasteiger charge is -2.39. The van der Waals surface area contributed by atoms with Crippen molar-refractivity contribution in [2.45, 2.75) is 109 Å². The number of ketones is 1. The SMILES string of the molecule is CC1(C)[C@H]2CC[C@@]1(/C=C/[C@@]1(OCc3ccccc3)[C@@H](CCO[Si](C)(C)C(C)(C)C)O[C@@H](O)[C@@H]1O)C(=O)C2. The molecule has 2 bridgehead atoms. The quantitative estimate of drug-likeness (QED) is 0.329. The van der Waals surface area contributed by atoms with Crippen molar-refractivity contribution in [3.63, 3.8) is 0 Å². The minimum absolute atomic E-state index is 0.0654. The molecule has 6 atom stereocenters. The Hall–Kier alpha value is -1.35. The molecular weight excluding hydrogens is 484 g/mol. The van der Waals surface area contributed by atoms with Crippen molar-refractivity contribution in [1.29, 1.82) is 0 Å². The van der Waals surface area contributed by atoms with Gasteiger partial charge in [-0.05, 0) is 54.3 Å². The third kappa shape index (κ3) is 4.92. The average Bonchev–Trinajstić information content (AvgIpc) is 3.29. The first-order valence-corrected chi connectivity index (χ1v) is 16.6.